The molecule has 18 heavy (non-hydrogen) atoms. The minimum absolute atomic E-state index is 0.0454. The molecule has 1 aliphatic carbocycles. The maximum atomic E-state index is 10.6. The van der Waals surface area contributed by atoms with Crippen LogP contribution in [0.2, 0.25) is 0 Å². The van der Waals surface area contributed by atoms with E-state index in [4.69, 9.17) is 5.73 Å². The second kappa shape index (κ2) is 5.68. The molecule has 1 fully saturated rings. The van der Waals surface area contributed by atoms with E-state index in [-0.39, 0.29) is 11.4 Å². The van der Waals surface area contributed by atoms with Gasteiger partial charge in [0.05, 0.1) is 4.92 Å². The van der Waals surface area contributed by atoms with Crippen molar-refractivity contribution in [1.82, 2.24) is 5.32 Å². The third kappa shape index (κ3) is 3.59. The molecule has 0 saturated heterocycles. The van der Waals surface area contributed by atoms with Gasteiger partial charge in [0.25, 0.3) is 5.69 Å². The highest BCUT2D eigenvalue weighted by Crippen LogP contribution is 2.24. The topological polar surface area (TPSA) is 93.2 Å². The average molecular weight is 250 g/mol. The summed E-state index contributed by atoms with van der Waals surface area (Å²) < 4.78 is 0. The summed E-state index contributed by atoms with van der Waals surface area (Å²) in [4.78, 5) is 10.1. The zero-order valence-electron chi connectivity index (χ0n) is 10.2. The van der Waals surface area contributed by atoms with Gasteiger partial charge in [-0.15, -0.1) is 0 Å². The predicted octanol–water partition coefficient (Wildman–Crippen LogP) is 1.73. The Morgan fingerprint density at radius 2 is 2.17 bits per heavy atom. The van der Waals surface area contributed by atoms with Gasteiger partial charge >= 0.3 is 0 Å². The number of rotatable bonds is 7. The second-order valence-corrected chi connectivity index (χ2v) is 4.54. The van der Waals surface area contributed by atoms with E-state index in [0.717, 1.165) is 31.2 Å². The number of nitrogens with one attached hydrogen (secondary N) is 2. The maximum Gasteiger partial charge on any atom is 0.292 e. The highest BCUT2D eigenvalue weighted by Gasteiger charge is 2.19. The van der Waals surface area contributed by atoms with Crippen LogP contribution in [0, 0.1) is 10.1 Å². The van der Waals surface area contributed by atoms with Crippen molar-refractivity contribution in [3.8, 4) is 0 Å². The fourth-order valence-corrected chi connectivity index (χ4v) is 1.75. The monoisotopic (exact) mass is 250 g/mol. The molecule has 0 bridgehead atoms. The molecular formula is C12H18N4O2. The van der Waals surface area contributed by atoms with Crippen LogP contribution in [0.15, 0.2) is 18.2 Å². The van der Waals surface area contributed by atoms with Gasteiger partial charge in [0.15, 0.2) is 0 Å². The van der Waals surface area contributed by atoms with Gasteiger partial charge < -0.3 is 16.4 Å². The van der Waals surface area contributed by atoms with E-state index in [9.17, 15) is 10.1 Å². The number of nitro benzene ring substituents is 1. The van der Waals surface area contributed by atoms with E-state index in [2.05, 4.69) is 10.6 Å². The summed E-state index contributed by atoms with van der Waals surface area (Å²) in [5, 5.41) is 17.2. The third-order valence-corrected chi connectivity index (χ3v) is 2.92. The molecule has 0 aliphatic heterocycles. The number of hydrogen-bond acceptors (Lipinski definition) is 5. The molecule has 0 heterocycles. The van der Waals surface area contributed by atoms with Crippen LogP contribution in [0.4, 0.5) is 17.1 Å². The molecule has 1 aliphatic rings. The Bertz CT molecular complexity index is 432. The highest BCUT2D eigenvalue weighted by atomic mass is 16.6. The van der Waals surface area contributed by atoms with Crippen molar-refractivity contribution in [3.05, 3.63) is 28.3 Å². The summed E-state index contributed by atoms with van der Waals surface area (Å²) in [5.74, 6) is 0. The van der Waals surface area contributed by atoms with Crippen LogP contribution >= 0.6 is 0 Å². The molecule has 0 spiro atoms. The van der Waals surface area contributed by atoms with E-state index in [1.54, 1.807) is 12.1 Å². The SMILES string of the molecule is Nc1cc(NCCCNC2CC2)ccc1[N+](=O)[O-]. The smallest absolute Gasteiger partial charge is 0.292 e. The minimum Gasteiger partial charge on any atom is -0.393 e. The van der Waals surface area contributed by atoms with Gasteiger partial charge in [0, 0.05) is 24.3 Å². The third-order valence-electron chi connectivity index (χ3n) is 2.92. The molecule has 0 unspecified atom stereocenters. The summed E-state index contributed by atoms with van der Waals surface area (Å²) in [6.07, 6.45) is 3.62. The van der Waals surface area contributed by atoms with Crippen LogP contribution < -0.4 is 16.4 Å². The van der Waals surface area contributed by atoms with Crippen LogP contribution in [0.3, 0.4) is 0 Å². The molecule has 0 amide bonds. The molecule has 0 aromatic heterocycles. The number of hydrogen-bond donors (Lipinski definition) is 3. The van der Waals surface area contributed by atoms with E-state index in [1.807, 2.05) is 0 Å². The summed E-state index contributed by atoms with van der Waals surface area (Å²) in [7, 11) is 0. The number of nitrogen functional groups attached to an aromatic ring is 1. The van der Waals surface area contributed by atoms with Gasteiger partial charge in [-0.1, -0.05) is 0 Å². The molecule has 98 valence electrons. The largest absolute Gasteiger partial charge is 0.393 e. The average Bonchev–Trinajstić information content (AvgIpc) is 3.12. The molecule has 1 aromatic rings. The van der Waals surface area contributed by atoms with Crippen molar-refractivity contribution in [2.75, 3.05) is 24.1 Å². The zero-order chi connectivity index (χ0) is 13.0. The Morgan fingerprint density at radius 3 is 2.78 bits per heavy atom. The standard InChI is InChI=1S/C12H18N4O2/c13-11-8-10(4-5-12(11)16(17)18)15-7-1-6-14-9-2-3-9/h4-5,8-9,14-15H,1-3,6-7,13H2. The van der Waals surface area contributed by atoms with Crippen LogP contribution in [-0.4, -0.2) is 24.1 Å². The molecule has 2 rings (SSSR count). The van der Waals surface area contributed by atoms with Gasteiger partial charge in [-0.05, 0) is 37.9 Å². The Morgan fingerprint density at radius 1 is 1.39 bits per heavy atom. The molecule has 0 radical (unpaired) electrons. The van der Waals surface area contributed by atoms with Gasteiger partial charge in [-0.2, -0.15) is 0 Å². The van der Waals surface area contributed by atoms with Gasteiger partial charge in [0.1, 0.15) is 5.69 Å². The first-order valence-corrected chi connectivity index (χ1v) is 6.18. The lowest BCUT2D eigenvalue weighted by atomic mass is 10.2. The summed E-state index contributed by atoms with van der Waals surface area (Å²) in [6.45, 7) is 1.83. The predicted molar refractivity (Wildman–Crippen MR) is 71.6 cm³/mol. The van der Waals surface area contributed by atoms with Crippen molar-refractivity contribution >= 4 is 17.1 Å². The van der Waals surface area contributed by atoms with E-state index < -0.39 is 4.92 Å². The lowest BCUT2D eigenvalue weighted by Crippen LogP contribution is -2.19. The fraction of sp³-hybridized carbons (Fsp3) is 0.500. The van der Waals surface area contributed by atoms with Gasteiger partial charge in [-0.3, -0.25) is 10.1 Å². The van der Waals surface area contributed by atoms with Gasteiger partial charge in [-0.25, -0.2) is 0 Å². The Hall–Kier alpha value is -1.82. The molecule has 6 heteroatoms. The highest BCUT2D eigenvalue weighted by molar-refractivity contribution is 5.65. The van der Waals surface area contributed by atoms with Crippen LogP contribution in [0.1, 0.15) is 19.3 Å². The number of anilines is 2. The lowest BCUT2D eigenvalue weighted by Gasteiger charge is -2.07. The van der Waals surface area contributed by atoms with Crippen LogP contribution in [0.5, 0.6) is 0 Å². The maximum absolute atomic E-state index is 10.6. The second-order valence-electron chi connectivity index (χ2n) is 4.54. The van der Waals surface area contributed by atoms with Gasteiger partial charge in [0.2, 0.25) is 0 Å². The first-order chi connectivity index (χ1) is 8.66. The van der Waals surface area contributed by atoms with Crippen LogP contribution in [-0.2, 0) is 0 Å². The first kappa shape index (κ1) is 12.6. The van der Waals surface area contributed by atoms with E-state index in [0.29, 0.717) is 0 Å². The molecule has 1 aromatic carbocycles. The van der Waals surface area contributed by atoms with Crippen molar-refractivity contribution < 1.29 is 4.92 Å². The van der Waals surface area contributed by atoms with Crippen molar-refractivity contribution in [1.29, 1.82) is 0 Å². The normalized spacial score (nSPS) is 14.4. The lowest BCUT2D eigenvalue weighted by molar-refractivity contribution is -0.383. The number of nitrogens with zero attached hydrogens (tertiary/aromatic N) is 1. The molecule has 6 nitrogen and oxygen atoms in total. The summed E-state index contributed by atoms with van der Waals surface area (Å²) in [6, 6.07) is 5.45. The Kier molecular flexibility index (Phi) is 3.99. The van der Waals surface area contributed by atoms with Crippen LogP contribution in [0.25, 0.3) is 0 Å². The van der Waals surface area contributed by atoms with Crippen molar-refractivity contribution in [2.45, 2.75) is 25.3 Å². The fourth-order valence-electron chi connectivity index (χ4n) is 1.75. The molecular weight excluding hydrogens is 232 g/mol. The molecule has 1 saturated carbocycles. The Balaban J connectivity index is 1.74. The Labute approximate surface area is 106 Å². The summed E-state index contributed by atoms with van der Waals surface area (Å²) >= 11 is 0. The minimum atomic E-state index is -0.474. The quantitative estimate of drug-likeness (QED) is 0.296. The number of nitro groups is 1. The molecule has 4 N–H and O–H groups in total. The number of nitrogens with two attached hydrogens (primary N) is 1. The van der Waals surface area contributed by atoms with E-state index >= 15 is 0 Å². The van der Waals surface area contributed by atoms with E-state index in [1.165, 1.54) is 18.9 Å². The molecule has 0 atom stereocenters. The van der Waals surface area contributed by atoms with Crippen molar-refractivity contribution in [2.24, 2.45) is 0 Å². The van der Waals surface area contributed by atoms with Crippen molar-refractivity contribution in [3.63, 3.8) is 0 Å². The number of benzene rings is 1. The zero-order valence-corrected chi connectivity index (χ0v) is 10.2. The first-order valence-electron chi connectivity index (χ1n) is 6.18. The summed E-state index contributed by atoms with van der Waals surface area (Å²) in [5.41, 5.74) is 6.58.